The molecule has 2 aromatic rings. The highest BCUT2D eigenvalue weighted by atomic mass is 16.5. The van der Waals surface area contributed by atoms with Gasteiger partial charge < -0.3 is 14.7 Å². The second-order valence-electron chi connectivity index (χ2n) is 6.39. The van der Waals surface area contributed by atoms with Gasteiger partial charge >= 0.3 is 0 Å². The molecule has 0 aromatic heterocycles. The average molecular weight is 325 g/mol. The van der Waals surface area contributed by atoms with E-state index in [0.29, 0.717) is 19.7 Å². The molecule has 0 aliphatic carbocycles. The monoisotopic (exact) mass is 325 g/mol. The predicted molar refractivity (Wildman–Crippen MR) is 92.3 cm³/mol. The summed E-state index contributed by atoms with van der Waals surface area (Å²) in [5.74, 6) is -0.0446. The van der Waals surface area contributed by atoms with Crippen LogP contribution in [0.3, 0.4) is 0 Å². The molecule has 1 saturated heterocycles. The number of aliphatic hydroxyl groups is 1. The summed E-state index contributed by atoms with van der Waals surface area (Å²) in [5.41, 5.74) is 1.32. The van der Waals surface area contributed by atoms with Gasteiger partial charge in [-0.05, 0) is 18.1 Å². The molecule has 1 N–H and O–H groups in total. The van der Waals surface area contributed by atoms with Crippen LogP contribution in [0.5, 0.6) is 0 Å². The standard InChI is InChI=1S/C20H23NO3/c1-20(17-10-6-3-7-11-17)15-21(12-13-24-20)19(23)14-18(22)16-8-4-2-5-9-16/h2-11,18,22H,12-15H2,1H3. The van der Waals surface area contributed by atoms with Crippen LogP contribution in [0.4, 0.5) is 0 Å². The number of aliphatic hydroxyl groups excluding tert-OH is 1. The lowest BCUT2D eigenvalue weighted by Crippen LogP contribution is -2.50. The van der Waals surface area contributed by atoms with Gasteiger partial charge in [0.15, 0.2) is 0 Å². The summed E-state index contributed by atoms with van der Waals surface area (Å²) in [7, 11) is 0. The molecule has 0 saturated carbocycles. The highest BCUT2D eigenvalue weighted by Crippen LogP contribution is 2.30. The van der Waals surface area contributed by atoms with E-state index in [1.54, 1.807) is 4.90 Å². The molecule has 1 heterocycles. The van der Waals surface area contributed by atoms with Crippen LogP contribution in [0.25, 0.3) is 0 Å². The largest absolute Gasteiger partial charge is 0.388 e. The molecular formula is C20H23NO3. The van der Waals surface area contributed by atoms with Gasteiger partial charge in [0.2, 0.25) is 5.91 Å². The van der Waals surface area contributed by atoms with Crippen molar-refractivity contribution in [2.24, 2.45) is 0 Å². The van der Waals surface area contributed by atoms with Gasteiger partial charge in [-0.2, -0.15) is 0 Å². The minimum absolute atomic E-state index is 0.0446. The lowest BCUT2D eigenvalue weighted by molar-refractivity contribution is -0.151. The maximum absolute atomic E-state index is 12.6. The Hall–Kier alpha value is -2.17. The van der Waals surface area contributed by atoms with Gasteiger partial charge in [-0.25, -0.2) is 0 Å². The van der Waals surface area contributed by atoms with E-state index in [1.807, 2.05) is 67.6 Å². The summed E-state index contributed by atoms with van der Waals surface area (Å²) < 4.78 is 5.97. The quantitative estimate of drug-likeness (QED) is 0.940. The van der Waals surface area contributed by atoms with Crippen LogP contribution < -0.4 is 0 Å². The zero-order valence-corrected chi connectivity index (χ0v) is 13.9. The smallest absolute Gasteiger partial charge is 0.225 e. The van der Waals surface area contributed by atoms with Crippen molar-refractivity contribution in [3.63, 3.8) is 0 Å². The van der Waals surface area contributed by atoms with Gasteiger partial charge in [-0.15, -0.1) is 0 Å². The summed E-state index contributed by atoms with van der Waals surface area (Å²) in [4.78, 5) is 14.4. The molecule has 126 valence electrons. The molecule has 1 aliphatic rings. The van der Waals surface area contributed by atoms with Crippen LogP contribution in [0.1, 0.15) is 30.6 Å². The lowest BCUT2D eigenvalue weighted by Gasteiger charge is -2.41. The van der Waals surface area contributed by atoms with Gasteiger partial charge in [0.05, 0.1) is 25.7 Å². The number of morpholine rings is 1. The molecule has 0 radical (unpaired) electrons. The fourth-order valence-corrected chi connectivity index (χ4v) is 3.14. The average Bonchev–Trinajstić information content (AvgIpc) is 2.63. The van der Waals surface area contributed by atoms with E-state index < -0.39 is 11.7 Å². The lowest BCUT2D eigenvalue weighted by atomic mass is 9.93. The Morgan fingerprint density at radius 1 is 1.17 bits per heavy atom. The summed E-state index contributed by atoms with van der Waals surface area (Å²) in [6.07, 6.45) is -0.681. The first-order chi connectivity index (χ1) is 11.6. The summed E-state index contributed by atoms with van der Waals surface area (Å²) in [6, 6.07) is 19.3. The van der Waals surface area contributed by atoms with Crippen LogP contribution in [0.15, 0.2) is 60.7 Å². The first kappa shape index (κ1) is 16.7. The number of nitrogens with zero attached hydrogens (tertiary/aromatic N) is 1. The van der Waals surface area contributed by atoms with Crippen molar-refractivity contribution in [2.75, 3.05) is 19.7 Å². The Morgan fingerprint density at radius 3 is 2.46 bits per heavy atom. The molecule has 3 rings (SSSR count). The Morgan fingerprint density at radius 2 is 1.79 bits per heavy atom. The van der Waals surface area contributed by atoms with Gasteiger partial charge in [-0.1, -0.05) is 60.7 Å². The molecule has 2 atom stereocenters. The van der Waals surface area contributed by atoms with Gasteiger partial charge in [-0.3, -0.25) is 4.79 Å². The Labute approximate surface area is 142 Å². The molecule has 2 unspecified atom stereocenters. The molecule has 1 fully saturated rings. The number of hydrogen-bond acceptors (Lipinski definition) is 3. The van der Waals surface area contributed by atoms with Crippen LogP contribution >= 0.6 is 0 Å². The number of carbonyl (C=O) groups is 1. The maximum atomic E-state index is 12.6. The third-order valence-electron chi connectivity index (χ3n) is 4.56. The zero-order chi connectivity index (χ0) is 17.0. The maximum Gasteiger partial charge on any atom is 0.225 e. The summed E-state index contributed by atoms with van der Waals surface area (Å²) in [5, 5.41) is 10.3. The number of benzene rings is 2. The van der Waals surface area contributed by atoms with Crippen molar-refractivity contribution < 1.29 is 14.6 Å². The highest BCUT2D eigenvalue weighted by molar-refractivity contribution is 5.77. The van der Waals surface area contributed by atoms with Crippen molar-refractivity contribution in [2.45, 2.75) is 25.0 Å². The SMILES string of the molecule is CC1(c2ccccc2)CN(C(=O)CC(O)c2ccccc2)CCO1. The number of ether oxygens (including phenoxy) is 1. The van der Waals surface area contributed by atoms with E-state index in [1.165, 1.54) is 0 Å². The van der Waals surface area contributed by atoms with Crippen molar-refractivity contribution >= 4 is 5.91 Å². The van der Waals surface area contributed by atoms with Crippen molar-refractivity contribution in [3.05, 3.63) is 71.8 Å². The highest BCUT2D eigenvalue weighted by Gasteiger charge is 2.36. The summed E-state index contributed by atoms with van der Waals surface area (Å²) >= 11 is 0. The van der Waals surface area contributed by atoms with Crippen LogP contribution in [0, 0.1) is 0 Å². The van der Waals surface area contributed by atoms with Crippen molar-refractivity contribution in [1.82, 2.24) is 4.90 Å². The van der Waals surface area contributed by atoms with E-state index in [0.717, 1.165) is 11.1 Å². The second-order valence-corrected chi connectivity index (χ2v) is 6.39. The first-order valence-corrected chi connectivity index (χ1v) is 8.29. The van der Waals surface area contributed by atoms with Gasteiger partial charge in [0, 0.05) is 6.54 Å². The van der Waals surface area contributed by atoms with E-state index in [9.17, 15) is 9.90 Å². The van der Waals surface area contributed by atoms with E-state index in [-0.39, 0.29) is 12.3 Å². The molecule has 24 heavy (non-hydrogen) atoms. The summed E-state index contributed by atoms with van der Waals surface area (Å²) in [6.45, 7) is 3.56. The van der Waals surface area contributed by atoms with Crippen molar-refractivity contribution in [1.29, 1.82) is 0 Å². The molecule has 2 aromatic carbocycles. The topological polar surface area (TPSA) is 49.8 Å². The van der Waals surface area contributed by atoms with E-state index in [2.05, 4.69) is 0 Å². The predicted octanol–water partition coefficient (Wildman–Crippen LogP) is 2.88. The third kappa shape index (κ3) is 3.66. The van der Waals surface area contributed by atoms with Gasteiger partial charge in [0.25, 0.3) is 0 Å². The van der Waals surface area contributed by atoms with Crippen LogP contribution in [0.2, 0.25) is 0 Å². The Bertz CT molecular complexity index is 674. The van der Waals surface area contributed by atoms with E-state index in [4.69, 9.17) is 4.74 Å². The number of rotatable bonds is 4. The molecule has 0 bridgehead atoms. The first-order valence-electron chi connectivity index (χ1n) is 8.29. The minimum Gasteiger partial charge on any atom is -0.388 e. The molecule has 1 aliphatic heterocycles. The molecule has 4 nitrogen and oxygen atoms in total. The second kappa shape index (κ2) is 7.16. The van der Waals surface area contributed by atoms with Crippen LogP contribution in [-0.2, 0) is 15.1 Å². The Kier molecular flexibility index (Phi) is 4.97. The molecule has 0 spiro atoms. The number of carbonyl (C=O) groups excluding carboxylic acids is 1. The Balaban J connectivity index is 1.67. The fourth-order valence-electron chi connectivity index (χ4n) is 3.14. The number of amides is 1. The molecule has 4 heteroatoms. The van der Waals surface area contributed by atoms with Crippen molar-refractivity contribution in [3.8, 4) is 0 Å². The van der Waals surface area contributed by atoms with Gasteiger partial charge in [0.1, 0.15) is 5.60 Å². The third-order valence-corrected chi connectivity index (χ3v) is 4.56. The molecule has 1 amide bonds. The minimum atomic E-state index is -0.774. The van der Waals surface area contributed by atoms with E-state index >= 15 is 0 Å². The zero-order valence-electron chi connectivity index (χ0n) is 13.9. The normalized spacial score (nSPS) is 22.2. The fraction of sp³-hybridized carbons (Fsp3) is 0.350. The number of hydrogen-bond donors (Lipinski definition) is 1. The molecular weight excluding hydrogens is 302 g/mol. The van der Waals surface area contributed by atoms with Crippen LogP contribution in [-0.4, -0.2) is 35.6 Å².